The van der Waals surface area contributed by atoms with Crippen molar-refractivity contribution in [3.05, 3.63) is 94.3 Å². The van der Waals surface area contributed by atoms with E-state index >= 15 is 0 Å². The van der Waals surface area contributed by atoms with Gasteiger partial charge in [-0.25, -0.2) is 0 Å². The third-order valence-electron chi connectivity index (χ3n) is 5.85. The van der Waals surface area contributed by atoms with E-state index in [0.717, 1.165) is 23.4 Å². The highest BCUT2D eigenvalue weighted by molar-refractivity contribution is 6.30. The second-order valence-electron chi connectivity index (χ2n) is 8.14. The standard InChI is InChI=1S/C25H23ClF3N3O2/c26-20-8-6-18(7-9-20)24-21-5-2-12-31(21)13-14-32(24)23(34)11-10-22(33)30-16-17-3-1-4-19(15-17)25(27,28)29/h1-9,12,15,24H,10-11,13-14,16H2,(H,30,33). The summed E-state index contributed by atoms with van der Waals surface area (Å²) in [6.45, 7) is 1.11. The highest BCUT2D eigenvalue weighted by atomic mass is 35.5. The van der Waals surface area contributed by atoms with Gasteiger partial charge in [-0.3, -0.25) is 9.59 Å². The van der Waals surface area contributed by atoms with E-state index in [1.807, 2.05) is 30.5 Å². The van der Waals surface area contributed by atoms with Crippen LogP contribution in [0, 0.1) is 0 Å². The number of carbonyl (C=O) groups is 2. The second kappa shape index (κ2) is 9.93. The van der Waals surface area contributed by atoms with Crippen molar-refractivity contribution in [2.75, 3.05) is 6.54 Å². The second-order valence-corrected chi connectivity index (χ2v) is 8.58. The smallest absolute Gasteiger partial charge is 0.352 e. The molecule has 1 atom stereocenters. The number of aromatic nitrogens is 1. The summed E-state index contributed by atoms with van der Waals surface area (Å²) in [5.74, 6) is -0.559. The number of amides is 2. The molecule has 9 heteroatoms. The largest absolute Gasteiger partial charge is 0.416 e. The van der Waals surface area contributed by atoms with Gasteiger partial charge < -0.3 is 14.8 Å². The van der Waals surface area contributed by atoms with Crippen molar-refractivity contribution in [1.29, 1.82) is 0 Å². The molecule has 4 rings (SSSR count). The molecule has 0 spiro atoms. The van der Waals surface area contributed by atoms with Crippen molar-refractivity contribution in [3.63, 3.8) is 0 Å². The van der Waals surface area contributed by atoms with Crippen molar-refractivity contribution in [2.24, 2.45) is 0 Å². The Morgan fingerprint density at radius 1 is 1.00 bits per heavy atom. The maximum atomic E-state index is 13.1. The fourth-order valence-corrected chi connectivity index (χ4v) is 4.28. The monoisotopic (exact) mass is 489 g/mol. The molecule has 0 saturated carbocycles. The quantitative estimate of drug-likeness (QED) is 0.518. The van der Waals surface area contributed by atoms with Crippen LogP contribution in [0.5, 0.6) is 0 Å². The maximum Gasteiger partial charge on any atom is 0.416 e. The van der Waals surface area contributed by atoms with E-state index in [2.05, 4.69) is 9.88 Å². The molecule has 0 fully saturated rings. The molecule has 0 bridgehead atoms. The van der Waals surface area contributed by atoms with Crippen LogP contribution in [0.4, 0.5) is 13.2 Å². The number of hydrogen-bond acceptors (Lipinski definition) is 2. The molecule has 1 aliphatic heterocycles. The van der Waals surface area contributed by atoms with Gasteiger partial charge in [-0.05, 0) is 47.5 Å². The summed E-state index contributed by atoms with van der Waals surface area (Å²) < 4.78 is 40.7. The molecule has 1 unspecified atom stereocenters. The first-order valence-electron chi connectivity index (χ1n) is 10.8. The van der Waals surface area contributed by atoms with E-state index < -0.39 is 17.6 Å². The Morgan fingerprint density at radius 3 is 2.50 bits per heavy atom. The lowest BCUT2D eigenvalue weighted by atomic mass is 9.99. The number of carbonyl (C=O) groups excluding carboxylic acids is 2. The Labute approximate surface area is 200 Å². The Bertz CT molecular complexity index is 1170. The van der Waals surface area contributed by atoms with E-state index in [1.165, 1.54) is 12.1 Å². The molecule has 3 aromatic rings. The normalized spacial score (nSPS) is 15.6. The fourth-order valence-electron chi connectivity index (χ4n) is 4.16. The van der Waals surface area contributed by atoms with Gasteiger partial charge in [0.2, 0.25) is 11.8 Å². The first kappa shape index (κ1) is 23.9. The van der Waals surface area contributed by atoms with Gasteiger partial charge in [0.05, 0.1) is 11.6 Å². The van der Waals surface area contributed by atoms with E-state index in [0.29, 0.717) is 23.7 Å². The van der Waals surface area contributed by atoms with E-state index in [4.69, 9.17) is 11.6 Å². The number of rotatable bonds is 6. The zero-order valence-corrected chi connectivity index (χ0v) is 18.9. The molecule has 2 amide bonds. The van der Waals surface area contributed by atoms with Gasteiger partial charge in [0, 0.05) is 49.4 Å². The third kappa shape index (κ3) is 5.44. The van der Waals surface area contributed by atoms with E-state index in [-0.39, 0.29) is 31.3 Å². The third-order valence-corrected chi connectivity index (χ3v) is 6.11. The topological polar surface area (TPSA) is 54.3 Å². The minimum atomic E-state index is -4.44. The molecule has 1 aliphatic rings. The summed E-state index contributed by atoms with van der Waals surface area (Å²) in [6.07, 6.45) is -2.52. The molecule has 0 saturated heterocycles. The molecule has 1 N–H and O–H groups in total. The summed E-state index contributed by atoms with van der Waals surface area (Å²) in [4.78, 5) is 27.2. The van der Waals surface area contributed by atoms with Crippen LogP contribution >= 0.6 is 11.6 Å². The molecule has 2 heterocycles. The van der Waals surface area contributed by atoms with E-state index in [1.54, 1.807) is 17.0 Å². The SMILES string of the molecule is O=C(CCC(=O)N1CCn2cccc2C1c1ccc(Cl)cc1)NCc1cccc(C(F)(F)F)c1. The van der Waals surface area contributed by atoms with Gasteiger partial charge in [0.15, 0.2) is 0 Å². The number of fused-ring (bicyclic) bond motifs is 1. The van der Waals surface area contributed by atoms with Crippen LogP contribution in [0.25, 0.3) is 0 Å². The number of nitrogens with zero attached hydrogens (tertiary/aromatic N) is 2. The number of benzene rings is 2. The summed E-state index contributed by atoms with van der Waals surface area (Å²) in [6, 6.07) is 15.8. The van der Waals surface area contributed by atoms with Crippen LogP contribution < -0.4 is 5.32 Å². The Morgan fingerprint density at radius 2 is 1.76 bits per heavy atom. The van der Waals surface area contributed by atoms with Crippen molar-refractivity contribution >= 4 is 23.4 Å². The minimum Gasteiger partial charge on any atom is -0.352 e. The van der Waals surface area contributed by atoms with Gasteiger partial charge in [-0.15, -0.1) is 0 Å². The van der Waals surface area contributed by atoms with Crippen molar-refractivity contribution in [1.82, 2.24) is 14.8 Å². The van der Waals surface area contributed by atoms with Gasteiger partial charge in [-0.2, -0.15) is 13.2 Å². The van der Waals surface area contributed by atoms with Gasteiger partial charge >= 0.3 is 6.18 Å². The number of halogens is 4. The Hall–Kier alpha value is -3.26. The van der Waals surface area contributed by atoms with Crippen LogP contribution in [0.2, 0.25) is 5.02 Å². The summed E-state index contributed by atoms with van der Waals surface area (Å²) in [5, 5.41) is 3.20. The lowest BCUT2D eigenvalue weighted by molar-refractivity contribution is -0.137. The predicted octanol–water partition coefficient (Wildman–Crippen LogP) is 5.19. The molecule has 1 aromatic heterocycles. The number of alkyl halides is 3. The van der Waals surface area contributed by atoms with Crippen LogP contribution in [-0.4, -0.2) is 27.8 Å². The summed E-state index contributed by atoms with van der Waals surface area (Å²) in [7, 11) is 0. The molecular formula is C25H23ClF3N3O2. The van der Waals surface area contributed by atoms with Crippen molar-refractivity contribution in [3.8, 4) is 0 Å². The summed E-state index contributed by atoms with van der Waals surface area (Å²) in [5.41, 5.74) is 1.48. The van der Waals surface area contributed by atoms with Gasteiger partial charge in [0.25, 0.3) is 0 Å². The van der Waals surface area contributed by atoms with E-state index in [9.17, 15) is 22.8 Å². The maximum absolute atomic E-state index is 13.1. The Kier molecular flexibility index (Phi) is 6.97. The van der Waals surface area contributed by atoms with Crippen molar-refractivity contribution < 1.29 is 22.8 Å². The molecule has 0 radical (unpaired) electrons. The number of hydrogen-bond donors (Lipinski definition) is 1. The molecule has 5 nitrogen and oxygen atoms in total. The van der Waals surface area contributed by atoms with Gasteiger partial charge in [-0.1, -0.05) is 35.9 Å². The van der Waals surface area contributed by atoms with Crippen molar-refractivity contribution in [2.45, 2.75) is 38.1 Å². The zero-order valence-electron chi connectivity index (χ0n) is 18.2. The van der Waals surface area contributed by atoms with Crippen LogP contribution in [0.15, 0.2) is 66.9 Å². The first-order valence-corrected chi connectivity index (χ1v) is 11.2. The molecule has 2 aromatic carbocycles. The zero-order chi connectivity index (χ0) is 24.3. The van der Waals surface area contributed by atoms with Crippen LogP contribution in [0.1, 0.15) is 41.3 Å². The summed E-state index contributed by atoms with van der Waals surface area (Å²) >= 11 is 6.03. The highest BCUT2D eigenvalue weighted by Crippen LogP contribution is 2.33. The molecule has 178 valence electrons. The minimum absolute atomic E-state index is 0.000771. The average molecular weight is 490 g/mol. The van der Waals surface area contributed by atoms with Gasteiger partial charge in [0.1, 0.15) is 0 Å². The predicted molar refractivity (Wildman–Crippen MR) is 122 cm³/mol. The Balaban J connectivity index is 1.38. The molecule has 0 aliphatic carbocycles. The first-order chi connectivity index (χ1) is 16.2. The molecule has 34 heavy (non-hydrogen) atoms. The fraction of sp³-hybridized carbons (Fsp3) is 0.280. The van der Waals surface area contributed by atoms with Crippen LogP contribution in [-0.2, 0) is 28.9 Å². The molecular weight excluding hydrogens is 467 g/mol. The lowest BCUT2D eigenvalue weighted by Gasteiger charge is -2.37. The lowest BCUT2D eigenvalue weighted by Crippen LogP contribution is -2.42. The number of nitrogens with one attached hydrogen (secondary N) is 1. The average Bonchev–Trinajstić information content (AvgIpc) is 3.30. The highest BCUT2D eigenvalue weighted by Gasteiger charge is 2.32. The van der Waals surface area contributed by atoms with Crippen LogP contribution in [0.3, 0.4) is 0 Å².